The average Bonchev–Trinajstić information content (AvgIpc) is 3.01. The number of carbonyl (C=O) groups excluding carboxylic acids is 1. The molecule has 1 fully saturated rings. The van der Waals surface area contributed by atoms with Gasteiger partial charge in [0.2, 0.25) is 0 Å². The van der Waals surface area contributed by atoms with E-state index in [9.17, 15) is 26.4 Å². The molecule has 0 aliphatic heterocycles. The van der Waals surface area contributed by atoms with Gasteiger partial charge in [-0.15, -0.1) is 0 Å². The zero-order valence-electron chi connectivity index (χ0n) is 15.9. The number of halogens is 3. The van der Waals surface area contributed by atoms with Crippen molar-refractivity contribution in [3.05, 3.63) is 29.6 Å². The highest BCUT2D eigenvalue weighted by Gasteiger charge is 2.40. The fourth-order valence-corrected chi connectivity index (χ4v) is 3.93. The van der Waals surface area contributed by atoms with Gasteiger partial charge >= 0.3 is 6.18 Å². The highest BCUT2D eigenvalue weighted by atomic mass is 32.2. The SMILES string of the molecule is CC1CCC(Nc2c(C=O)c(C(F)(F)F)nn2-c2ccc(S(C)(=O)=O)cn2)CC1. The van der Waals surface area contributed by atoms with Crippen LogP contribution in [0.4, 0.5) is 19.0 Å². The third-order valence-electron chi connectivity index (χ3n) is 5.03. The lowest BCUT2D eigenvalue weighted by Crippen LogP contribution is -2.27. The summed E-state index contributed by atoms with van der Waals surface area (Å²) in [4.78, 5) is 15.4. The molecule has 1 aliphatic carbocycles. The van der Waals surface area contributed by atoms with E-state index in [2.05, 4.69) is 22.3 Å². The van der Waals surface area contributed by atoms with Gasteiger partial charge in [-0.1, -0.05) is 6.92 Å². The summed E-state index contributed by atoms with van der Waals surface area (Å²) < 4.78 is 64.4. The minimum absolute atomic E-state index is 0.0253. The van der Waals surface area contributed by atoms with Crippen molar-refractivity contribution in [1.29, 1.82) is 0 Å². The molecule has 0 unspecified atom stereocenters. The van der Waals surface area contributed by atoms with Crippen LogP contribution in [0.15, 0.2) is 23.2 Å². The molecular weight excluding hydrogens is 409 g/mol. The fraction of sp³-hybridized carbons (Fsp3) is 0.500. The maximum absolute atomic E-state index is 13.4. The number of rotatable bonds is 5. The predicted molar refractivity (Wildman–Crippen MR) is 99.9 cm³/mol. The molecule has 0 saturated heterocycles. The van der Waals surface area contributed by atoms with Gasteiger partial charge in [-0.05, 0) is 43.7 Å². The zero-order chi connectivity index (χ0) is 21.4. The summed E-state index contributed by atoms with van der Waals surface area (Å²) in [6, 6.07) is 2.39. The number of carbonyl (C=O) groups is 1. The molecular formula is C18H21F3N4O3S. The van der Waals surface area contributed by atoms with E-state index in [-0.39, 0.29) is 28.9 Å². The summed E-state index contributed by atoms with van der Waals surface area (Å²) in [6.45, 7) is 2.12. The van der Waals surface area contributed by atoms with Gasteiger partial charge in [0.15, 0.2) is 27.6 Å². The maximum atomic E-state index is 13.4. The molecule has 0 amide bonds. The second-order valence-corrected chi connectivity index (χ2v) is 9.38. The fourth-order valence-electron chi connectivity index (χ4n) is 3.37. The third-order valence-corrected chi connectivity index (χ3v) is 6.13. The second kappa shape index (κ2) is 7.77. The molecule has 158 valence electrons. The van der Waals surface area contributed by atoms with E-state index in [4.69, 9.17) is 0 Å². The van der Waals surface area contributed by atoms with Crippen molar-refractivity contribution >= 4 is 21.9 Å². The smallest absolute Gasteiger partial charge is 0.367 e. The van der Waals surface area contributed by atoms with E-state index in [1.165, 1.54) is 12.1 Å². The van der Waals surface area contributed by atoms with Gasteiger partial charge in [-0.3, -0.25) is 4.79 Å². The van der Waals surface area contributed by atoms with Crippen LogP contribution in [0.3, 0.4) is 0 Å². The van der Waals surface area contributed by atoms with Crippen molar-refractivity contribution in [3.63, 3.8) is 0 Å². The standard InChI is InChI=1S/C18H21F3N4O3S/c1-11-3-5-12(6-4-11)23-17-14(10-26)16(18(19,20)21)24-25(17)15-8-7-13(9-22-15)29(2,27)28/h7-12,23H,3-6H2,1-2H3. The number of alkyl halides is 3. The summed E-state index contributed by atoms with van der Waals surface area (Å²) in [7, 11) is -3.51. The van der Waals surface area contributed by atoms with Crippen molar-refractivity contribution in [2.75, 3.05) is 11.6 Å². The van der Waals surface area contributed by atoms with Crippen LogP contribution in [0, 0.1) is 5.92 Å². The monoisotopic (exact) mass is 430 g/mol. The van der Waals surface area contributed by atoms with Crippen molar-refractivity contribution in [1.82, 2.24) is 14.8 Å². The van der Waals surface area contributed by atoms with Gasteiger partial charge in [0.1, 0.15) is 5.82 Å². The Labute approximate surface area is 166 Å². The minimum atomic E-state index is -4.83. The molecule has 29 heavy (non-hydrogen) atoms. The van der Waals surface area contributed by atoms with E-state index >= 15 is 0 Å². The van der Waals surface area contributed by atoms with Crippen LogP contribution >= 0.6 is 0 Å². The van der Waals surface area contributed by atoms with Crippen molar-refractivity contribution in [2.24, 2.45) is 5.92 Å². The number of anilines is 1. The van der Waals surface area contributed by atoms with E-state index < -0.39 is 27.3 Å². The van der Waals surface area contributed by atoms with Gasteiger partial charge < -0.3 is 5.32 Å². The lowest BCUT2D eigenvalue weighted by Gasteiger charge is -2.28. The number of nitrogens with one attached hydrogen (secondary N) is 1. The Bertz CT molecular complexity index is 993. The first-order chi connectivity index (χ1) is 13.5. The summed E-state index contributed by atoms with van der Waals surface area (Å²) in [5, 5.41) is 6.62. The topological polar surface area (TPSA) is 94.0 Å². The molecule has 2 aromatic rings. The van der Waals surface area contributed by atoms with Crippen LogP contribution in [0.25, 0.3) is 5.82 Å². The molecule has 1 N–H and O–H groups in total. The van der Waals surface area contributed by atoms with E-state index in [1.807, 2.05) is 0 Å². The van der Waals surface area contributed by atoms with Crippen molar-refractivity contribution in [2.45, 2.75) is 49.7 Å². The zero-order valence-corrected chi connectivity index (χ0v) is 16.7. The molecule has 0 atom stereocenters. The molecule has 0 spiro atoms. The summed E-state index contributed by atoms with van der Waals surface area (Å²) >= 11 is 0. The first kappa shape index (κ1) is 21.3. The van der Waals surface area contributed by atoms with Crippen LogP contribution in [0.2, 0.25) is 0 Å². The Morgan fingerprint density at radius 3 is 2.34 bits per heavy atom. The Morgan fingerprint density at radius 2 is 1.86 bits per heavy atom. The average molecular weight is 430 g/mol. The Balaban J connectivity index is 2.07. The quantitative estimate of drug-likeness (QED) is 0.730. The molecule has 1 aliphatic rings. The largest absolute Gasteiger partial charge is 0.435 e. The maximum Gasteiger partial charge on any atom is 0.435 e. The van der Waals surface area contributed by atoms with Crippen LogP contribution in [0.1, 0.15) is 48.7 Å². The summed E-state index contributed by atoms with van der Waals surface area (Å²) in [6.07, 6.45) is 0.716. The van der Waals surface area contributed by atoms with E-state index in [0.717, 1.165) is 42.8 Å². The second-order valence-electron chi connectivity index (χ2n) is 7.36. The van der Waals surface area contributed by atoms with Gasteiger partial charge in [0.25, 0.3) is 0 Å². The first-order valence-electron chi connectivity index (χ1n) is 9.09. The van der Waals surface area contributed by atoms with Gasteiger partial charge in [-0.2, -0.15) is 23.0 Å². The minimum Gasteiger partial charge on any atom is -0.367 e. The molecule has 3 rings (SSSR count). The van der Waals surface area contributed by atoms with E-state index in [0.29, 0.717) is 5.92 Å². The molecule has 2 aromatic heterocycles. The van der Waals surface area contributed by atoms with Crippen LogP contribution in [-0.4, -0.2) is 41.8 Å². The normalized spacial score (nSPS) is 20.4. The molecule has 1 saturated carbocycles. The molecule has 0 radical (unpaired) electrons. The lowest BCUT2D eigenvalue weighted by atomic mass is 9.87. The van der Waals surface area contributed by atoms with Crippen LogP contribution in [-0.2, 0) is 16.0 Å². The Hall–Kier alpha value is -2.43. The lowest BCUT2D eigenvalue weighted by molar-refractivity contribution is -0.141. The number of nitrogens with zero attached hydrogens (tertiary/aromatic N) is 3. The number of hydrogen-bond acceptors (Lipinski definition) is 6. The number of aromatic nitrogens is 3. The number of hydrogen-bond donors (Lipinski definition) is 1. The van der Waals surface area contributed by atoms with Gasteiger partial charge in [0.05, 0.1) is 10.5 Å². The number of sulfone groups is 1. The highest BCUT2D eigenvalue weighted by molar-refractivity contribution is 7.90. The van der Waals surface area contributed by atoms with Crippen LogP contribution < -0.4 is 5.32 Å². The summed E-state index contributed by atoms with van der Waals surface area (Å²) in [5.74, 6) is 0.425. The first-order valence-corrected chi connectivity index (χ1v) is 11.0. The molecule has 0 aromatic carbocycles. The molecule has 0 bridgehead atoms. The van der Waals surface area contributed by atoms with Crippen molar-refractivity contribution < 1.29 is 26.4 Å². The van der Waals surface area contributed by atoms with Crippen molar-refractivity contribution in [3.8, 4) is 5.82 Å². The number of pyridine rings is 1. The third kappa shape index (κ3) is 4.60. The van der Waals surface area contributed by atoms with Gasteiger partial charge in [0, 0.05) is 18.5 Å². The summed E-state index contributed by atoms with van der Waals surface area (Å²) in [5.41, 5.74) is -1.90. The molecule has 7 nitrogen and oxygen atoms in total. The Kier molecular flexibility index (Phi) is 5.70. The molecule has 2 heterocycles. The van der Waals surface area contributed by atoms with E-state index in [1.54, 1.807) is 0 Å². The van der Waals surface area contributed by atoms with Crippen LogP contribution in [0.5, 0.6) is 0 Å². The molecule has 11 heteroatoms. The number of aldehydes is 1. The van der Waals surface area contributed by atoms with Gasteiger partial charge in [-0.25, -0.2) is 13.4 Å². The Morgan fingerprint density at radius 1 is 1.21 bits per heavy atom. The highest BCUT2D eigenvalue weighted by Crippen LogP contribution is 2.36. The predicted octanol–water partition coefficient (Wildman–Crippen LogP) is 3.49.